The van der Waals surface area contributed by atoms with Gasteiger partial charge >= 0.3 is 180 Å². The molecule has 3 aromatic rings. The van der Waals surface area contributed by atoms with Crippen molar-refractivity contribution in [2.45, 2.75) is 52.4 Å². The Morgan fingerprint density at radius 2 is 1.17 bits per heavy atom. The monoisotopic (exact) mass is 424 g/mol. The Labute approximate surface area is 180 Å². The van der Waals surface area contributed by atoms with Gasteiger partial charge in [-0.15, -0.1) is 0 Å². The fourth-order valence-corrected chi connectivity index (χ4v) is 6.44. The minimum absolute atomic E-state index is 0.184. The Hall–Kier alpha value is -2.03. The molecule has 0 saturated heterocycles. The first-order chi connectivity index (χ1) is 14.4. The Morgan fingerprint density at radius 1 is 0.633 bits per heavy atom. The van der Waals surface area contributed by atoms with E-state index in [9.17, 15) is 14.7 Å². The molecule has 0 heterocycles. The van der Waals surface area contributed by atoms with Crippen molar-refractivity contribution >= 4 is 17.9 Å². The second kappa shape index (κ2) is 9.41. The number of aryl methyl sites for hydroxylation is 2. The van der Waals surface area contributed by atoms with Gasteiger partial charge in [-0.3, -0.25) is 0 Å². The summed E-state index contributed by atoms with van der Waals surface area (Å²) >= 11 is 0. The first-order valence-electron chi connectivity index (χ1n) is 10.9. The van der Waals surface area contributed by atoms with Crippen molar-refractivity contribution in [2.24, 2.45) is 0 Å². The molecule has 0 saturated carbocycles. The van der Waals surface area contributed by atoms with Gasteiger partial charge in [-0.1, -0.05) is 0 Å². The van der Waals surface area contributed by atoms with Crippen molar-refractivity contribution in [1.29, 1.82) is 0 Å². The summed E-state index contributed by atoms with van der Waals surface area (Å²) in [6, 6.07) is 22.6. The number of unbranched alkanes of at least 4 members (excludes halogenated alkanes) is 2. The van der Waals surface area contributed by atoms with Crippen LogP contribution in [0.3, 0.4) is 0 Å². The zero-order chi connectivity index (χ0) is 21.6. The van der Waals surface area contributed by atoms with Crippen LogP contribution in [-0.4, -0.2) is 14.7 Å². The Morgan fingerprint density at radius 3 is 1.73 bits per heavy atom. The zero-order valence-electron chi connectivity index (χ0n) is 18.0. The van der Waals surface area contributed by atoms with Crippen LogP contribution in [0, 0.1) is 0 Å². The molecule has 0 fully saturated rings. The predicted molar refractivity (Wildman–Crippen MR) is 128 cm³/mol. The molecule has 3 N–H and O–H groups in total. The molecule has 0 unspecified atom stereocenters. The molecular formula is C26H33O3P. The second-order valence-electron chi connectivity index (χ2n) is 8.03. The maximum absolute atomic E-state index is 11.6. The first-order valence-corrected chi connectivity index (χ1v) is 13.0. The summed E-state index contributed by atoms with van der Waals surface area (Å²) in [6.45, 7) is 4.22. The normalized spacial score (nSPS) is 13.0. The van der Waals surface area contributed by atoms with Crippen LogP contribution in [0.4, 0.5) is 0 Å². The molecule has 0 aliphatic heterocycles. The molecule has 0 amide bonds. The van der Waals surface area contributed by atoms with E-state index in [1.807, 2.05) is 54.6 Å². The van der Waals surface area contributed by atoms with Crippen molar-refractivity contribution in [2.75, 3.05) is 0 Å². The maximum atomic E-state index is 11.6. The van der Waals surface area contributed by atoms with Gasteiger partial charge in [0, 0.05) is 0 Å². The first kappa shape index (κ1) is 22.7. The molecule has 0 atom stereocenters. The van der Waals surface area contributed by atoms with Gasteiger partial charge < -0.3 is 0 Å². The fourth-order valence-electron chi connectivity index (χ4n) is 4.01. The average Bonchev–Trinajstić information content (AvgIpc) is 2.76. The van der Waals surface area contributed by atoms with E-state index in [1.165, 1.54) is 0 Å². The molecular weight excluding hydrogens is 391 g/mol. The van der Waals surface area contributed by atoms with E-state index >= 15 is 0 Å². The van der Waals surface area contributed by atoms with Crippen LogP contribution in [-0.2, 0) is 12.8 Å². The topological polar surface area (TPSA) is 60.7 Å². The van der Waals surface area contributed by atoms with E-state index in [0.29, 0.717) is 18.1 Å². The van der Waals surface area contributed by atoms with Gasteiger partial charge in [0.15, 0.2) is 0 Å². The SMILES string of the molecule is CCCCc1cccc(CCCC)c1P(O)(O)(O)c1cccc(-c2ccccc2)c1. The standard InChI is InChI=1S/C26H33O3P/c1-3-5-12-22-16-10-17-23(13-6-4-2)26(22)30(27,28,29)25-19-11-18-24(20-25)21-14-8-7-9-15-21/h7-11,14-20,27-29H,3-6,12-13H2,1-2H3. The molecule has 0 spiro atoms. The van der Waals surface area contributed by atoms with Crippen LogP contribution in [0.25, 0.3) is 11.1 Å². The van der Waals surface area contributed by atoms with Crippen LogP contribution >= 0.6 is 7.28 Å². The molecule has 3 nitrogen and oxygen atoms in total. The fraction of sp³-hybridized carbons (Fsp3) is 0.308. The van der Waals surface area contributed by atoms with Crippen LogP contribution < -0.4 is 10.6 Å². The van der Waals surface area contributed by atoms with E-state index in [0.717, 1.165) is 47.9 Å². The summed E-state index contributed by atoms with van der Waals surface area (Å²) in [5.41, 5.74) is 3.48. The molecule has 0 radical (unpaired) electrons. The average molecular weight is 425 g/mol. The van der Waals surface area contributed by atoms with Crippen LogP contribution in [0.1, 0.15) is 50.7 Å². The number of benzene rings is 3. The molecule has 3 aromatic carbocycles. The third kappa shape index (κ3) is 4.82. The van der Waals surface area contributed by atoms with Gasteiger partial charge in [0.1, 0.15) is 0 Å². The summed E-state index contributed by atoms with van der Waals surface area (Å²) in [5, 5.41) is 0.527. The van der Waals surface area contributed by atoms with E-state index in [-0.39, 0.29) is 5.30 Å². The Balaban J connectivity index is 2.17. The number of hydrogen-bond acceptors (Lipinski definition) is 3. The molecule has 0 bridgehead atoms. The summed E-state index contributed by atoms with van der Waals surface area (Å²) in [4.78, 5) is 34.8. The van der Waals surface area contributed by atoms with E-state index in [4.69, 9.17) is 0 Å². The summed E-state index contributed by atoms with van der Waals surface area (Å²) in [7, 11) is -5.31. The van der Waals surface area contributed by atoms with Gasteiger partial charge in [0.05, 0.1) is 0 Å². The number of rotatable bonds is 9. The van der Waals surface area contributed by atoms with E-state index < -0.39 is 7.28 Å². The van der Waals surface area contributed by atoms with Crippen molar-refractivity contribution < 1.29 is 14.7 Å². The third-order valence-electron chi connectivity index (χ3n) is 5.64. The van der Waals surface area contributed by atoms with Crippen LogP contribution in [0.5, 0.6) is 0 Å². The number of hydrogen-bond donors (Lipinski definition) is 3. The molecule has 4 heteroatoms. The van der Waals surface area contributed by atoms with Gasteiger partial charge in [-0.25, -0.2) is 0 Å². The van der Waals surface area contributed by atoms with Crippen LogP contribution in [0.15, 0.2) is 72.8 Å². The van der Waals surface area contributed by atoms with Gasteiger partial charge in [-0.2, -0.15) is 0 Å². The van der Waals surface area contributed by atoms with Crippen molar-refractivity contribution in [3.63, 3.8) is 0 Å². The summed E-state index contributed by atoms with van der Waals surface area (Å²) < 4.78 is 0. The molecule has 30 heavy (non-hydrogen) atoms. The van der Waals surface area contributed by atoms with Crippen molar-refractivity contribution in [3.05, 3.63) is 83.9 Å². The van der Waals surface area contributed by atoms with Gasteiger partial charge in [0.25, 0.3) is 0 Å². The van der Waals surface area contributed by atoms with Gasteiger partial charge in [-0.05, 0) is 0 Å². The van der Waals surface area contributed by atoms with Crippen molar-refractivity contribution in [3.8, 4) is 11.1 Å². The quantitative estimate of drug-likeness (QED) is 0.411. The summed E-state index contributed by atoms with van der Waals surface area (Å²) in [5.74, 6) is 0. The van der Waals surface area contributed by atoms with E-state index in [2.05, 4.69) is 13.8 Å². The summed E-state index contributed by atoms with van der Waals surface area (Å²) in [6.07, 6.45) is 5.29. The third-order valence-corrected chi connectivity index (χ3v) is 8.27. The molecule has 0 aliphatic rings. The second-order valence-corrected chi connectivity index (χ2v) is 11.0. The Bertz CT molecular complexity index is 948. The Kier molecular flexibility index (Phi) is 7.10. The zero-order valence-corrected chi connectivity index (χ0v) is 18.9. The predicted octanol–water partition coefficient (Wildman–Crippen LogP) is 5.26. The van der Waals surface area contributed by atoms with Crippen LogP contribution in [0.2, 0.25) is 0 Å². The minimum atomic E-state index is -5.31. The van der Waals surface area contributed by atoms with Crippen molar-refractivity contribution in [1.82, 2.24) is 0 Å². The molecule has 160 valence electrons. The molecule has 0 aromatic heterocycles. The molecule has 3 rings (SSSR count). The van der Waals surface area contributed by atoms with E-state index in [1.54, 1.807) is 18.2 Å². The molecule has 0 aliphatic carbocycles. The van der Waals surface area contributed by atoms with Gasteiger partial charge in [0.2, 0.25) is 0 Å².